The molecule has 2 aliphatic heterocycles. The van der Waals surface area contributed by atoms with E-state index < -0.39 is 0 Å². The zero-order valence-corrected chi connectivity index (χ0v) is 19.4. The summed E-state index contributed by atoms with van der Waals surface area (Å²) < 4.78 is 0. The molecule has 3 heterocycles. The third-order valence-electron chi connectivity index (χ3n) is 7.50. The van der Waals surface area contributed by atoms with Gasteiger partial charge in [0.05, 0.1) is 32.2 Å². The molecule has 2 saturated heterocycles. The van der Waals surface area contributed by atoms with Gasteiger partial charge >= 0.3 is 0 Å². The van der Waals surface area contributed by atoms with E-state index in [0.29, 0.717) is 12.6 Å². The van der Waals surface area contributed by atoms with Gasteiger partial charge in [0.25, 0.3) is 0 Å². The van der Waals surface area contributed by atoms with Crippen molar-refractivity contribution in [2.45, 2.75) is 12.5 Å². The van der Waals surface area contributed by atoms with Crippen LogP contribution in [0, 0.1) is 0 Å². The number of carbonyl (C=O) groups is 1. The third-order valence-corrected chi connectivity index (χ3v) is 7.50. The highest BCUT2D eigenvalue weighted by Crippen LogP contribution is 2.30. The number of aromatic nitrogens is 1. The molecule has 2 atom stereocenters. The van der Waals surface area contributed by atoms with Crippen molar-refractivity contribution in [3.63, 3.8) is 0 Å². The van der Waals surface area contributed by atoms with Crippen LogP contribution in [0.3, 0.4) is 0 Å². The molecule has 2 unspecified atom stereocenters. The molecule has 2 fully saturated rings. The molecule has 0 saturated carbocycles. The van der Waals surface area contributed by atoms with Gasteiger partial charge in [-0.2, -0.15) is 0 Å². The van der Waals surface area contributed by atoms with E-state index >= 15 is 0 Å². The van der Waals surface area contributed by atoms with Crippen LogP contribution in [0.5, 0.6) is 0 Å². The van der Waals surface area contributed by atoms with E-state index in [9.17, 15) is 4.79 Å². The highest BCUT2D eigenvalue weighted by atomic mass is 16.2. The fourth-order valence-electron chi connectivity index (χ4n) is 5.71. The molecule has 3 aromatic carbocycles. The van der Waals surface area contributed by atoms with Gasteiger partial charge in [-0.05, 0) is 29.3 Å². The van der Waals surface area contributed by atoms with Crippen LogP contribution in [-0.4, -0.2) is 61.1 Å². The first-order chi connectivity index (χ1) is 16.8. The number of hydrogen-bond acceptors (Lipinski definition) is 2. The lowest BCUT2D eigenvalue weighted by Crippen LogP contribution is -3.16. The molecule has 4 aromatic rings. The number of anilines is 1. The number of rotatable bonds is 5. The molecule has 0 spiro atoms. The Morgan fingerprint density at radius 3 is 2.47 bits per heavy atom. The van der Waals surface area contributed by atoms with Gasteiger partial charge in [-0.1, -0.05) is 66.7 Å². The van der Waals surface area contributed by atoms with Gasteiger partial charge in [-0.3, -0.25) is 9.69 Å². The third kappa shape index (κ3) is 4.02. The molecular formula is C29H31N4O+. The van der Waals surface area contributed by atoms with Crippen LogP contribution in [0.4, 0.5) is 5.69 Å². The van der Waals surface area contributed by atoms with Crippen molar-refractivity contribution in [1.82, 2.24) is 9.88 Å². The summed E-state index contributed by atoms with van der Waals surface area (Å²) in [5.74, 6) is 0.220. The maximum Gasteiger partial charge on any atom is 0.241 e. The van der Waals surface area contributed by atoms with E-state index in [1.165, 1.54) is 27.7 Å². The van der Waals surface area contributed by atoms with E-state index in [2.05, 4.69) is 64.5 Å². The Morgan fingerprint density at radius 1 is 0.912 bits per heavy atom. The van der Waals surface area contributed by atoms with Gasteiger partial charge in [0.2, 0.25) is 5.91 Å². The average molecular weight is 452 g/mol. The maximum atomic E-state index is 12.8. The van der Waals surface area contributed by atoms with Gasteiger partial charge in [-0.25, -0.2) is 0 Å². The minimum Gasteiger partial charge on any atom is -0.354 e. The molecule has 34 heavy (non-hydrogen) atoms. The van der Waals surface area contributed by atoms with Crippen LogP contribution in [0.25, 0.3) is 22.2 Å². The summed E-state index contributed by atoms with van der Waals surface area (Å²) in [6, 6.07) is 29.9. The Balaban J connectivity index is 1.19. The highest BCUT2D eigenvalue weighted by molar-refractivity contribution is 5.95. The van der Waals surface area contributed by atoms with Gasteiger partial charge in [0.1, 0.15) is 0 Å². The van der Waals surface area contributed by atoms with Crippen LogP contribution >= 0.6 is 0 Å². The standard InChI is InChI=1S/C29H30N4O/c34-28-21-32-18-17-31(19-24(32)20-33(28)23-11-5-2-6-12-23)16-15-26-25-13-7-8-14-27(25)30-29(26)22-9-3-1-4-10-22/h1-14,24,30H,15-21H2/p+1. The molecule has 2 N–H and O–H groups in total. The fraction of sp³-hybridized carbons (Fsp3) is 0.276. The van der Waals surface area contributed by atoms with Crippen molar-refractivity contribution < 1.29 is 9.69 Å². The van der Waals surface area contributed by atoms with Crippen LogP contribution in [-0.2, 0) is 11.2 Å². The van der Waals surface area contributed by atoms with Crippen molar-refractivity contribution in [2.75, 3.05) is 44.2 Å². The number of quaternary nitrogens is 1. The Kier molecular flexibility index (Phi) is 5.65. The topological polar surface area (TPSA) is 43.8 Å². The number of piperazine rings is 2. The molecule has 0 radical (unpaired) electrons. The SMILES string of the molecule is O=C1CN2CC[NH+](CCc3c(-c4ccccc4)[nH]c4ccccc34)CC2CN1c1ccccc1. The second kappa shape index (κ2) is 9.09. The summed E-state index contributed by atoms with van der Waals surface area (Å²) in [6.45, 7) is 5.60. The zero-order chi connectivity index (χ0) is 22.9. The number of aromatic amines is 1. The number of hydrogen-bond donors (Lipinski definition) is 2. The van der Waals surface area contributed by atoms with E-state index in [4.69, 9.17) is 0 Å². The highest BCUT2D eigenvalue weighted by Gasteiger charge is 2.38. The molecule has 2 aliphatic rings. The molecule has 0 bridgehead atoms. The second-order valence-electron chi connectivity index (χ2n) is 9.56. The Bertz CT molecular complexity index is 1280. The summed E-state index contributed by atoms with van der Waals surface area (Å²) in [5, 5.41) is 1.33. The molecule has 6 rings (SSSR count). The Hall–Kier alpha value is -3.41. The molecular weight excluding hydrogens is 420 g/mol. The molecule has 5 nitrogen and oxygen atoms in total. The number of para-hydroxylation sites is 2. The monoisotopic (exact) mass is 451 g/mol. The van der Waals surface area contributed by atoms with Crippen molar-refractivity contribution in [3.8, 4) is 11.3 Å². The first-order valence-corrected chi connectivity index (χ1v) is 12.3. The van der Waals surface area contributed by atoms with E-state index in [0.717, 1.165) is 44.8 Å². The number of nitrogens with one attached hydrogen (secondary N) is 2. The number of amides is 1. The quantitative estimate of drug-likeness (QED) is 0.490. The smallest absolute Gasteiger partial charge is 0.241 e. The van der Waals surface area contributed by atoms with Crippen LogP contribution in [0.2, 0.25) is 0 Å². The normalized spacial score (nSPS) is 21.1. The number of fused-ring (bicyclic) bond motifs is 2. The minimum atomic E-state index is 0.220. The number of H-pyrrole nitrogens is 1. The first-order valence-electron chi connectivity index (χ1n) is 12.3. The van der Waals surface area contributed by atoms with Crippen molar-refractivity contribution in [1.29, 1.82) is 0 Å². The molecule has 5 heteroatoms. The van der Waals surface area contributed by atoms with Crippen LogP contribution < -0.4 is 9.80 Å². The van der Waals surface area contributed by atoms with Crippen molar-refractivity contribution >= 4 is 22.5 Å². The number of benzene rings is 3. The Labute approximate surface area is 200 Å². The van der Waals surface area contributed by atoms with E-state index in [1.807, 2.05) is 35.2 Å². The lowest BCUT2D eigenvalue weighted by atomic mass is 10.0. The summed E-state index contributed by atoms with van der Waals surface area (Å²) in [6.07, 6.45) is 1.04. The number of nitrogens with zero attached hydrogens (tertiary/aromatic N) is 2. The molecule has 1 aromatic heterocycles. The molecule has 172 valence electrons. The first kappa shape index (κ1) is 21.1. The largest absolute Gasteiger partial charge is 0.354 e. The van der Waals surface area contributed by atoms with Crippen LogP contribution in [0.15, 0.2) is 84.9 Å². The minimum absolute atomic E-state index is 0.220. The van der Waals surface area contributed by atoms with Crippen LogP contribution in [0.1, 0.15) is 5.56 Å². The van der Waals surface area contributed by atoms with E-state index in [-0.39, 0.29) is 5.91 Å². The second-order valence-corrected chi connectivity index (χ2v) is 9.56. The molecule has 0 aliphatic carbocycles. The van der Waals surface area contributed by atoms with Crippen molar-refractivity contribution in [3.05, 3.63) is 90.5 Å². The predicted molar refractivity (Wildman–Crippen MR) is 137 cm³/mol. The fourth-order valence-corrected chi connectivity index (χ4v) is 5.71. The zero-order valence-electron chi connectivity index (χ0n) is 19.4. The predicted octanol–water partition coefficient (Wildman–Crippen LogP) is 2.99. The maximum absolute atomic E-state index is 12.8. The summed E-state index contributed by atoms with van der Waals surface area (Å²) >= 11 is 0. The molecule has 1 amide bonds. The van der Waals surface area contributed by atoms with Crippen molar-refractivity contribution in [2.24, 2.45) is 0 Å². The lowest BCUT2D eigenvalue weighted by molar-refractivity contribution is -0.907. The van der Waals surface area contributed by atoms with Gasteiger partial charge in [0, 0.05) is 41.8 Å². The van der Waals surface area contributed by atoms with Gasteiger partial charge in [-0.15, -0.1) is 0 Å². The lowest BCUT2D eigenvalue weighted by Gasteiger charge is -2.45. The summed E-state index contributed by atoms with van der Waals surface area (Å²) in [5.41, 5.74) is 6.14. The van der Waals surface area contributed by atoms with E-state index in [1.54, 1.807) is 4.90 Å². The number of carbonyl (C=O) groups excluding carboxylic acids is 1. The summed E-state index contributed by atoms with van der Waals surface area (Å²) in [4.78, 5) is 22.5. The summed E-state index contributed by atoms with van der Waals surface area (Å²) in [7, 11) is 0. The van der Waals surface area contributed by atoms with Gasteiger partial charge < -0.3 is 14.8 Å². The average Bonchev–Trinajstić information content (AvgIpc) is 3.27. The van der Waals surface area contributed by atoms with Gasteiger partial charge in [0.15, 0.2) is 0 Å². The Morgan fingerprint density at radius 2 is 1.65 bits per heavy atom.